The predicted molar refractivity (Wildman–Crippen MR) is 91.0 cm³/mol. The average molecular weight is 335 g/mol. The van der Waals surface area contributed by atoms with Crippen LogP contribution < -0.4 is 9.64 Å². The molecule has 1 aromatic carbocycles. The van der Waals surface area contributed by atoms with Crippen LogP contribution in [0.3, 0.4) is 0 Å². The molecule has 2 aromatic heterocycles. The number of nitrogens with zero attached hydrogens (tertiary/aromatic N) is 3. The van der Waals surface area contributed by atoms with Crippen LogP contribution in [0, 0.1) is 5.95 Å². The molecular weight excluding hydrogens is 321 g/mol. The fourth-order valence-electron chi connectivity index (χ4n) is 2.80. The van der Waals surface area contributed by atoms with Gasteiger partial charge in [0.1, 0.15) is 12.4 Å². The predicted octanol–water partition coefficient (Wildman–Crippen LogP) is 3.32. The van der Waals surface area contributed by atoms with Crippen LogP contribution in [0.4, 0.5) is 10.1 Å². The molecule has 1 amide bonds. The molecule has 6 heteroatoms. The van der Waals surface area contributed by atoms with E-state index in [1.54, 1.807) is 23.2 Å². The van der Waals surface area contributed by atoms with Crippen molar-refractivity contribution in [2.75, 3.05) is 18.1 Å². The van der Waals surface area contributed by atoms with E-state index in [2.05, 4.69) is 9.97 Å². The highest BCUT2D eigenvalue weighted by atomic mass is 19.1. The van der Waals surface area contributed by atoms with Crippen molar-refractivity contribution in [1.29, 1.82) is 0 Å². The molecule has 0 spiro atoms. The van der Waals surface area contributed by atoms with Gasteiger partial charge in [-0.3, -0.25) is 9.78 Å². The molecule has 0 atom stereocenters. The highest BCUT2D eigenvalue weighted by Crippen LogP contribution is 2.32. The van der Waals surface area contributed by atoms with Gasteiger partial charge in [0.15, 0.2) is 0 Å². The molecule has 3 heterocycles. The van der Waals surface area contributed by atoms with Crippen molar-refractivity contribution in [3.05, 3.63) is 72.6 Å². The Bertz CT molecular complexity index is 928. The number of para-hydroxylation sites is 2. The Kier molecular flexibility index (Phi) is 3.85. The number of fused-ring (bicyclic) bond motifs is 1. The van der Waals surface area contributed by atoms with Crippen LogP contribution in [0.1, 0.15) is 10.4 Å². The maximum atomic E-state index is 13.0. The van der Waals surface area contributed by atoms with Gasteiger partial charge in [-0.2, -0.15) is 4.39 Å². The summed E-state index contributed by atoms with van der Waals surface area (Å²) >= 11 is 0. The number of rotatable bonds is 2. The number of carbonyl (C=O) groups excluding carboxylic acids is 1. The standard InChI is InChI=1S/C19H14FN3O2/c20-18-6-5-13(12-22-18)14-9-15(11-21-10-14)19(24)23-7-8-25-17-4-2-1-3-16(17)23/h1-6,9-12H,7-8H2. The first-order valence-corrected chi connectivity index (χ1v) is 7.83. The Labute approximate surface area is 143 Å². The summed E-state index contributed by atoms with van der Waals surface area (Å²) in [5.41, 5.74) is 2.61. The molecule has 1 aliphatic heterocycles. The molecule has 0 N–H and O–H groups in total. The number of halogens is 1. The van der Waals surface area contributed by atoms with E-state index >= 15 is 0 Å². The first-order chi connectivity index (χ1) is 12.2. The zero-order valence-electron chi connectivity index (χ0n) is 13.2. The quantitative estimate of drug-likeness (QED) is 0.674. The maximum absolute atomic E-state index is 13.0. The lowest BCUT2D eigenvalue weighted by molar-refractivity contribution is 0.0976. The van der Waals surface area contributed by atoms with Crippen molar-refractivity contribution >= 4 is 11.6 Å². The van der Waals surface area contributed by atoms with Gasteiger partial charge in [-0.25, -0.2) is 4.98 Å². The normalized spacial score (nSPS) is 13.1. The van der Waals surface area contributed by atoms with Gasteiger partial charge in [-0.1, -0.05) is 12.1 Å². The minimum atomic E-state index is -0.547. The van der Waals surface area contributed by atoms with Gasteiger partial charge in [0, 0.05) is 29.7 Å². The Morgan fingerprint density at radius 3 is 2.80 bits per heavy atom. The van der Waals surface area contributed by atoms with E-state index in [1.165, 1.54) is 18.5 Å². The summed E-state index contributed by atoms with van der Waals surface area (Å²) in [7, 11) is 0. The molecule has 5 nitrogen and oxygen atoms in total. The van der Waals surface area contributed by atoms with E-state index in [1.807, 2.05) is 24.3 Å². The minimum Gasteiger partial charge on any atom is -0.490 e. The lowest BCUT2D eigenvalue weighted by Gasteiger charge is -2.29. The number of aromatic nitrogens is 2. The number of ether oxygens (including phenoxy) is 1. The second-order valence-corrected chi connectivity index (χ2v) is 5.60. The van der Waals surface area contributed by atoms with Crippen LogP contribution in [0.5, 0.6) is 5.75 Å². The third-order valence-electron chi connectivity index (χ3n) is 4.02. The summed E-state index contributed by atoms with van der Waals surface area (Å²) in [4.78, 5) is 22.4. The van der Waals surface area contributed by atoms with E-state index in [-0.39, 0.29) is 5.91 Å². The van der Waals surface area contributed by atoms with E-state index in [0.29, 0.717) is 35.6 Å². The number of carbonyl (C=O) groups is 1. The third kappa shape index (κ3) is 2.94. The molecular formula is C19H14FN3O2. The van der Waals surface area contributed by atoms with E-state index in [0.717, 1.165) is 5.69 Å². The zero-order chi connectivity index (χ0) is 17.2. The first kappa shape index (κ1) is 15.3. The molecule has 3 aromatic rings. The minimum absolute atomic E-state index is 0.153. The summed E-state index contributed by atoms with van der Waals surface area (Å²) in [6.07, 6.45) is 4.57. The fraction of sp³-hybridized carbons (Fsp3) is 0.105. The van der Waals surface area contributed by atoms with Crippen LogP contribution in [0.2, 0.25) is 0 Å². The number of benzene rings is 1. The van der Waals surface area contributed by atoms with Gasteiger partial charge in [-0.15, -0.1) is 0 Å². The molecule has 0 saturated carbocycles. The first-order valence-electron chi connectivity index (χ1n) is 7.83. The van der Waals surface area contributed by atoms with Gasteiger partial charge in [0.05, 0.1) is 17.8 Å². The van der Waals surface area contributed by atoms with Gasteiger partial charge in [0.2, 0.25) is 5.95 Å². The number of hydrogen-bond donors (Lipinski definition) is 0. The van der Waals surface area contributed by atoms with Crippen LogP contribution in [0.25, 0.3) is 11.1 Å². The second-order valence-electron chi connectivity index (χ2n) is 5.60. The molecule has 0 radical (unpaired) electrons. The van der Waals surface area contributed by atoms with Gasteiger partial charge >= 0.3 is 0 Å². The van der Waals surface area contributed by atoms with Crippen LogP contribution >= 0.6 is 0 Å². The molecule has 25 heavy (non-hydrogen) atoms. The number of amides is 1. The van der Waals surface area contributed by atoms with Crippen LogP contribution in [-0.4, -0.2) is 29.0 Å². The highest BCUT2D eigenvalue weighted by molar-refractivity contribution is 6.07. The lowest BCUT2D eigenvalue weighted by atomic mass is 10.1. The Morgan fingerprint density at radius 1 is 1.08 bits per heavy atom. The van der Waals surface area contributed by atoms with E-state index in [9.17, 15) is 9.18 Å². The molecule has 0 bridgehead atoms. The van der Waals surface area contributed by atoms with E-state index < -0.39 is 5.95 Å². The lowest BCUT2D eigenvalue weighted by Crippen LogP contribution is -2.38. The maximum Gasteiger partial charge on any atom is 0.260 e. The van der Waals surface area contributed by atoms with Crippen molar-refractivity contribution in [2.24, 2.45) is 0 Å². The average Bonchev–Trinajstić information content (AvgIpc) is 2.68. The largest absolute Gasteiger partial charge is 0.490 e. The Balaban J connectivity index is 1.68. The summed E-state index contributed by atoms with van der Waals surface area (Å²) in [5.74, 6) is -0.0111. The topological polar surface area (TPSA) is 55.3 Å². The SMILES string of the molecule is O=C(c1cncc(-c2ccc(F)nc2)c1)N1CCOc2ccccc21. The summed E-state index contributed by atoms with van der Waals surface area (Å²) < 4.78 is 18.6. The third-order valence-corrected chi connectivity index (χ3v) is 4.02. The Morgan fingerprint density at radius 2 is 1.96 bits per heavy atom. The number of anilines is 1. The van der Waals surface area contributed by atoms with Crippen molar-refractivity contribution < 1.29 is 13.9 Å². The second kappa shape index (κ2) is 6.32. The molecule has 1 aliphatic rings. The van der Waals surface area contributed by atoms with Gasteiger partial charge in [-0.05, 0) is 30.3 Å². The number of hydrogen-bond acceptors (Lipinski definition) is 4. The molecule has 0 fully saturated rings. The van der Waals surface area contributed by atoms with Crippen LogP contribution in [0.15, 0.2) is 61.1 Å². The van der Waals surface area contributed by atoms with Crippen molar-refractivity contribution in [1.82, 2.24) is 9.97 Å². The van der Waals surface area contributed by atoms with Crippen molar-refractivity contribution in [3.8, 4) is 16.9 Å². The zero-order valence-corrected chi connectivity index (χ0v) is 13.2. The molecule has 0 aliphatic carbocycles. The fourth-order valence-corrected chi connectivity index (χ4v) is 2.80. The molecule has 124 valence electrons. The monoisotopic (exact) mass is 335 g/mol. The summed E-state index contributed by atoms with van der Waals surface area (Å²) in [6, 6.07) is 12.1. The van der Waals surface area contributed by atoms with Crippen LogP contribution in [-0.2, 0) is 0 Å². The highest BCUT2D eigenvalue weighted by Gasteiger charge is 2.24. The smallest absolute Gasteiger partial charge is 0.260 e. The molecule has 4 rings (SSSR count). The van der Waals surface area contributed by atoms with Gasteiger partial charge < -0.3 is 9.64 Å². The molecule has 0 saturated heterocycles. The van der Waals surface area contributed by atoms with Crippen molar-refractivity contribution in [2.45, 2.75) is 0 Å². The molecule has 0 unspecified atom stereocenters. The number of pyridine rings is 2. The summed E-state index contributed by atoms with van der Waals surface area (Å²) in [5, 5.41) is 0. The van der Waals surface area contributed by atoms with Gasteiger partial charge in [0.25, 0.3) is 5.91 Å². The Hall–Kier alpha value is -3.28. The van der Waals surface area contributed by atoms with Crippen molar-refractivity contribution in [3.63, 3.8) is 0 Å². The summed E-state index contributed by atoms with van der Waals surface area (Å²) in [6.45, 7) is 0.913. The van der Waals surface area contributed by atoms with E-state index in [4.69, 9.17) is 4.74 Å².